The fraction of sp³-hybridized carbons (Fsp3) is 0.800. The molecule has 0 aliphatic rings. The zero-order valence-corrected chi connectivity index (χ0v) is 8.56. The molecule has 0 aromatic carbocycles. The highest BCUT2D eigenvalue weighted by atomic mass is 31.2. The van der Waals surface area contributed by atoms with Gasteiger partial charge in [-0.05, 0) is 0 Å². The number of phosphoric acid groups is 1. The van der Waals surface area contributed by atoms with Gasteiger partial charge in [-0.25, -0.2) is 4.57 Å². The Morgan fingerprint density at radius 2 is 1.54 bits per heavy atom. The first-order chi connectivity index (χ1) is 5.42. The monoisotopic (exact) mass is 215 g/mol. The average Bonchev–Trinajstić information content (AvgIpc) is 1.47. The minimum Gasteiger partial charge on any atom is -0.544 e. The number of hydrogen-bond acceptors (Lipinski definition) is 3. The van der Waals surface area contributed by atoms with Crippen LogP contribution in [0.2, 0.25) is 0 Å². The molecule has 0 saturated heterocycles. The van der Waals surface area contributed by atoms with Gasteiger partial charge in [-0.3, -0.25) is 0 Å². The summed E-state index contributed by atoms with van der Waals surface area (Å²) in [6.45, 7) is 0.0694. The van der Waals surface area contributed by atoms with Crippen LogP contribution in [-0.2, 0) is 9.36 Å². The Bertz CT molecular complexity index is 195. The fourth-order valence-corrected chi connectivity index (χ4v) is 0.387. The molecule has 8 heteroatoms. The lowest BCUT2D eigenvalue weighted by atomic mass is 10.5. The van der Waals surface area contributed by atoms with E-state index in [9.17, 15) is 9.90 Å². The van der Waals surface area contributed by atoms with Gasteiger partial charge in [0.05, 0.1) is 27.1 Å². The van der Waals surface area contributed by atoms with Gasteiger partial charge in [0, 0.05) is 0 Å². The first-order valence-corrected chi connectivity index (χ1v) is 4.77. The fourth-order valence-electron chi connectivity index (χ4n) is 0.387. The zero-order valence-electron chi connectivity index (χ0n) is 7.67. The van der Waals surface area contributed by atoms with E-state index >= 15 is 0 Å². The van der Waals surface area contributed by atoms with Gasteiger partial charge in [0.1, 0.15) is 6.54 Å². The summed E-state index contributed by atoms with van der Waals surface area (Å²) in [5.41, 5.74) is 0. The molecule has 80 valence electrons. The second-order valence-corrected chi connectivity index (χ2v) is 4.36. The largest absolute Gasteiger partial charge is 0.544 e. The summed E-state index contributed by atoms with van der Waals surface area (Å²) in [6.07, 6.45) is 0. The molecule has 0 bridgehead atoms. The topological polar surface area (TPSA) is 118 Å². The summed E-state index contributed by atoms with van der Waals surface area (Å²) in [5.74, 6) is -1.00. The molecule has 7 nitrogen and oxygen atoms in total. The van der Waals surface area contributed by atoms with Crippen LogP contribution < -0.4 is 5.11 Å². The molecule has 0 unspecified atom stereocenters. The van der Waals surface area contributed by atoms with Crippen LogP contribution >= 0.6 is 7.82 Å². The van der Waals surface area contributed by atoms with Gasteiger partial charge in [0.15, 0.2) is 0 Å². The third-order valence-electron chi connectivity index (χ3n) is 0.603. The van der Waals surface area contributed by atoms with Crippen LogP contribution in [0.15, 0.2) is 0 Å². The third-order valence-corrected chi connectivity index (χ3v) is 0.603. The van der Waals surface area contributed by atoms with E-state index in [1.807, 2.05) is 0 Å². The van der Waals surface area contributed by atoms with Crippen LogP contribution in [0, 0.1) is 0 Å². The van der Waals surface area contributed by atoms with Crippen molar-refractivity contribution in [3.05, 3.63) is 0 Å². The van der Waals surface area contributed by atoms with E-state index in [4.69, 9.17) is 19.2 Å². The van der Waals surface area contributed by atoms with Crippen LogP contribution in [0.1, 0.15) is 0 Å². The number of carbonyl (C=O) groups is 1. The number of carbonyl (C=O) groups excluding carboxylic acids is 1. The summed E-state index contributed by atoms with van der Waals surface area (Å²) in [7, 11) is 0.765. The van der Waals surface area contributed by atoms with Crippen LogP contribution in [0.3, 0.4) is 0 Å². The minimum absolute atomic E-state index is 0.0694. The smallest absolute Gasteiger partial charge is 0.466 e. The number of aliphatic carboxylic acids is 1. The molecule has 3 N–H and O–H groups in total. The van der Waals surface area contributed by atoms with Crippen molar-refractivity contribution >= 4 is 13.8 Å². The van der Waals surface area contributed by atoms with Crippen molar-refractivity contribution in [3.63, 3.8) is 0 Å². The molecule has 0 aromatic rings. The predicted molar refractivity (Wildman–Crippen MR) is 42.2 cm³/mol. The Kier molecular flexibility index (Phi) is 6.14. The van der Waals surface area contributed by atoms with E-state index in [1.165, 1.54) is 0 Å². The van der Waals surface area contributed by atoms with E-state index in [0.717, 1.165) is 0 Å². The Balaban J connectivity index is 0. The molecular weight excluding hydrogens is 201 g/mol. The van der Waals surface area contributed by atoms with Crippen molar-refractivity contribution in [2.24, 2.45) is 0 Å². The molecule has 0 atom stereocenters. The molecule has 0 fully saturated rings. The zero-order chi connectivity index (χ0) is 11.3. The molecule has 0 rings (SSSR count). The lowest BCUT2D eigenvalue weighted by Crippen LogP contribution is -2.45. The van der Waals surface area contributed by atoms with E-state index in [0.29, 0.717) is 4.48 Å². The van der Waals surface area contributed by atoms with E-state index < -0.39 is 13.8 Å². The van der Waals surface area contributed by atoms with Gasteiger partial charge in [0.2, 0.25) is 0 Å². The number of likely N-dealkylation sites (N-methyl/N-ethyl adjacent to an activating group) is 1. The quantitative estimate of drug-likeness (QED) is 0.346. The molecule has 0 heterocycles. The molecule has 13 heavy (non-hydrogen) atoms. The van der Waals surface area contributed by atoms with Crippen LogP contribution in [0.4, 0.5) is 0 Å². The summed E-state index contributed by atoms with van der Waals surface area (Å²) in [6, 6.07) is 0. The number of quaternary nitrogens is 1. The third kappa shape index (κ3) is 51.0. The van der Waals surface area contributed by atoms with Gasteiger partial charge in [-0.2, -0.15) is 0 Å². The molecular formula is C5H14NO6P. The van der Waals surface area contributed by atoms with Crippen molar-refractivity contribution in [2.75, 3.05) is 27.7 Å². The highest BCUT2D eigenvalue weighted by molar-refractivity contribution is 7.45. The van der Waals surface area contributed by atoms with Crippen molar-refractivity contribution < 1.29 is 33.6 Å². The SMILES string of the molecule is C[N+](C)(C)CC(=O)[O-].O=P(O)(O)O. The van der Waals surface area contributed by atoms with E-state index in [-0.39, 0.29) is 6.54 Å². The Hall–Kier alpha value is -0.460. The van der Waals surface area contributed by atoms with Crippen LogP contribution in [0.25, 0.3) is 0 Å². The van der Waals surface area contributed by atoms with Gasteiger partial charge < -0.3 is 29.1 Å². The Morgan fingerprint density at radius 3 is 1.54 bits per heavy atom. The average molecular weight is 215 g/mol. The maximum absolute atomic E-state index is 9.89. The van der Waals surface area contributed by atoms with Crippen LogP contribution in [0.5, 0.6) is 0 Å². The molecule has 0 aliphatic carbocycles. The highest BCUT2D eigenvalue weighted by Crippen LogP contribution is 2.25. The molecule has 0 spiro atoms. The van der Waals surface area contributed by atoms with Gasteiger partial charge in [-0.15, -0.1) is 0 Å². The first-order valence-electron chi connectivity index (χ1n) is 3.20. The van der Waals surface area contributed by atoms with Crippen molar-refractivity contribution in [1.82, 2.24) is 0 Å². The summed E-state index contributed by atoms with van der Waals surface area (Å²) in [5, 5.41) is 9.89. The normalized spacial score (nSPS) is 11.5. The number of nitrogens with zero attached hydrogens (tertiary/aromatic N) is 1. The lowest BCUT2D eigenvalue weighted by molar-refractivity contribution is -0.864. The number of carboxylic acid groups (broad SMARTS) is 1. The molecule has 0 aromatic heterocycles. The van der Waals surface area contributed by atoms with E-state index in [1.54, 1.807) is 21.1 Å². The summed E-state index contributed by atoms with van der Waals surface area (Å²) >= 11 is 0. The lowest BCUT2D eigenvalue weighted by Gasteiger charge is -2.23. The van der Waals surface area contributed by atoms with Crippen molar-refractivity contribution in [2.45, 2.75) is 0 Å². The standard InChI is InChI=1S/C5H11NO2.H3O4P/c1-6(2,3)4-5(7)8;1-5(2,3)4/h4H2,1-3H3;(H3,1,2,3,4). The van der Waals surface area contributed by atoms with Crippen molar-refractivity contribution in [3.8, 4) is 0 Å². The highest BCUT2D eigenvalue weighted by Gasteiger charge is 2.04. The predicted octanol–water partition coefficient (Wildman–Crippen LogP) is -2.49. The second-order valence-electron chi connectivity index (χ2n) is 3.33. The number of hydrogen-bond donors (Lipinski definition) is 3. The molecule has 0 radical (unpaired) electrons. The minimum atomic E-state index is -4.64. The summed E-state index contributed by atoms with van der Waals surface area (Å²) < 4.78 is 9.30. The van der Waals surface area contributed by atoms with E-state index in [2.05, 4.69) is 0 Å². The summed E-state index contributed by atoms with van der Waals surface area (Å²) in [4.78, 5) is 31.5. The maximum Gasteiger partial charge on any atom is 0.466 e. The van der Waals surface area contributed by atoms with Crippen LogP contribution in [-0.4, -0.2) is 52.8 Å². The Morgan fingerprint density at radius 1 is 1.31 bits per heavy atom. The molecule has 0 amide bonds. The van der Waals surface area contributed by atoms with Gasteiger partial charge in [0.25, 0.3) is 0 Å². The van der Waals surface area contributed by atoms with Crippen molar-refractivity contribution in [1.29, 1.82) is 0 Å². The van der Waals surface area contributed by atoms with Gasteiger partial charge in [-0.1, -0.05) is 0 Å². The molecule has 0 aliphatic heterocycles. The second kappa shape index (κ2) is 5.31. The Labute approximate surface area is 76.1 Å². The first kappa shape index (κ1) is 15.0. The molecule has 0 saturated carbocycles. The number of rotatable bonds is 2. The maximum atomic E-state index is 9.89. The van der Waals surface area contributed by atoms with Gasteiger partial charge >= 0.3 is 7.82 Å². The number of carboxylic acids is 1.